The standard InChI is InChI=1S/C10H16F3N3O2/c11-10(12,13)4-1-8(17)16-5-2-7(3-6-16)9(14)15-18/h7,18H,1-6H2,(H2,14,15). The maximum Gasteiger partial charge on any atom is 0.389 e. The zero-order valence-electron chi connectivity index (χ0n) is 9.78. The number of oxime groups is 1. The topological polar surface area (TPSA) is 78.9 Å². The van der Waals surface area contributed by atoms with Gasteiger partial charge in [-0.05, 0) is 12.8 Å². The second-order valence-electron chi connectivity index (χ2n) is 4.30. The predicted molar refractivity (Wildman–Crippen MR) is 58.0 cm³/mol. The van der Waals surface area contributed by atoms with Crippen molar-refractivity contribution < 1.29 is 23.2 Å². The maximum absolute atomic E-state index is 12.0. The van der Waals surface area contributed by atoms with Gasteiger partial charge in [-0.25, -0.2) is 0 Å². The summed E-state index contributed by atoms with van der Waals surface area (Å²) in [5.74, 6) is -0.496. The molecule has 3 N–H and O–H groups in total. The minimum Gasteiger partial charge on any atom is -0.409 e. The van der Waals surface area contributed by atoms with Crippen molar-refractivity contribution in [2.24, 2.45) is 16.8 Å². The Labute approximate surface area is 102 Å². The highest BCUT2D eigenvalue weighted by molar-refractivity contribution is 5.83. The molecule has 18 heavy (non-hydrogen) atoms. The Kier molecular flexibility index (Phi) is 4.80. The average molecular weight is 267 g/mol. The molecule has 1 rings (SSSR count). The van der Waals surface area contributed by atoms with E-state index in [9.17, 15) is 18.0 Å². The van der Waals surface area contributed by atoms with Gasteiger partial charge in [-0.3, -0.25) is 4.79 Å². The molecule has 0 spiro atoms. The highest BCUT2D eigenvalue weighted by atomic mass is 19.4. The molecule has 0 aromatic rings. The summed E-state index contributed by atoms with van der Waals surface area (Å²) < 4.78 is 35.9. The van der Waals surface area contributed by atoms with E-state index in [1.54, 1.807) is 0 Å². The first-order valence-electron chi connectivity index (χ1n) is 5.65. The van der Waals surface area contributed by atoms with Crippen LogP contribution in [0, 0.1) is 5.92 Å². The Morgan fingerprint density at radius 2 is 1.94 bits per heavy atom. The maximum atomic E-state index is 12.0. The van der Waals surface area contributed by atoms with E-state index in [1.165, 1.54) is 4.90 Å². The second kappa shape index (κ2) is 5.92. The normalized spacial score (nSPS) is 19.1. The molecule has 0 saturated carbocycles. The minimum absolute atomic E-state index is 0.109. The van der Waals surface area contributed by atoms with Gasteiger partial charge in [-0.1, -0.05) is 5.16 Å². The predicted octanol–water partition coefficient (Wildman–Crippen LogP) is 1.31. The van der Waals surface area contributed by atoms with Crippen LogP contribution in [0.15, 0.2) is 5.16 Å². The molecule has 1 amide bonds. The van der Waals surface area contributed by atoms with Crippen LogP contribution in [0.2, 0.25) is 0 Å². The average Bonchev–Trinajstić information content (AvgIpc) is 2.34. The van der Waals surface area contributed by atoms with Gasteiger partial charge in [0.2, 0.25) is 5.91 Å². The molecule has 1 heterocycles. The number of rotatable bonds is 3. The highest BCUT2D eigenvalue weighted by Crippen LogP contribution is 2.23. The van der Waals surface area contributed by atoms with Gasteiger partial charge >= 0.3 is 6.18 Å². The number of carbonyl (C=O) groups is 1. The van der Waals surface area contributed by atoms with Crippen LogP contribution < -0.4 is 5.73 Å². The van der Waals surface area contributed by atoms with E-state index >= 15 is 0 Å². The molecule has 0 aliphatic carbocycles. The van der Waals surface area contributed by atoms with Gasteiger partial charge in [-0.2, -0.15) is 13.2 Å². The van der Waals surface area contributed by atoms with Crippen LogP contribution in [0.3, 0.4) is 0 Å². The molecular weight excluding hydrogens is 251 g/mol. The summed E-state index contributed by atoms with van der Waals surface area (Å²) >= 11 is 0. The molecule has 0 bridgehead atoms. The Hall–Kier alpha value is -1.47. The lowest BCUT2D eigenvalue weighted by Crippen LogP contribution is -2.42. The van der Waals surface area contributed by atoms with Gasteiger partial charge in [0.25, 0.3) is 0 Å². The van der Waals surface area contributed by atoms with E-state index in [2.05, 4.69) is 5.16 Å². The number of alkyl halides is 3. The number of hydrogen-bond acceptors (Lipinski definition) is 3. The van der Waals surface area contributed by atoms with Crippen LogP contribution in [-0.4, -0.2) is 41.1 Å². The van der Waals surface area contributed by atoms with Gasteiger partial charge in [0, 0.05) is 25.4 Å². The molecule has 0 aromatic heterocycles. The summed E-state index contributed by atoms with van der Waals surface area (Å²) in [5.41, 5.74) is 5.43. The minimum atomic E-state index is -4.30. The Balaban J connectivity index is 2.36. The first kappa shape index (κ1) is 14.6. The molecule has 5 nitrogen and oxygen atoms in total. The number of amides is 1. The van der Waals surface area contributed by atoms with Crippen molar-refractivity contribution in [2.45, 2.75) is 31.9 Å². The number of amidine groups is 1. The second-order valence-corrected chi connectivity index (χ2v) is 4.30. The lowest BCUT2D eigenvalue weighted by atomic mass is 9.95. The van der Waals surface area contributed by atoms with Crippen molar-refractivity contribution in [1.29, 1.82) is 0 Å². The SMILES string of the molecule is N/C(=N\O)C1CCN(C(=O)CCC(F)(F)F)CC1. The van der Waals surface area contributed by atoms with Crippen molar-refractivity contribution in [2.75, 3.05) is 13.1 Å². The summed E-state index contributed by atoms with van der Waals surface area (Å²) in [7, 11) is 0. The zero-order valence-corrected chi connectivity index (χ0v) is 9.78. The molecule has 0 atom stereocenters. The van der Waals surface area contributed by atoms with Crippen LogP contribution in [0.5, 0.6) is 0 Å². The summed E-state index contributed by atoms with van der Waals surface area (Å²) in [6.45, 7) is 0.690. The van der Waals surface area contributed by atoms with Gasteiger partial charge in [0.1, 0.15) is 5.84 Å². The molecule has 1 aliphatic heterocycles. The van der Waals surface area contributed by atoms with Crippen molar-refractivity contribution >= 4 is 11.7 Å². The molecule has 1 fully saturated rings. The number of hydrogen-bond donors (Lipinski definition) is 2. The fourth-order valence-electron chi connectivity index (χ4n) is 1.91. The summed E-state index contributed by atoms with van der Waals surface area (Å²) in [5, 5.41) is 11.4. The molecule has 1 aliphatic rings. The molecule has 0 unspecified atom stereocenters. The lowest BCUT2D eigenvalue weighted by molar-refractivity contribution is -0.149. The first-order chi connectivity index (χ1) is 8.33. The van der Waals surface area contributed by atoms with Gasteiger partial charge in [0.05, 0.1) is 6.42 Å². The van der Waals surface area contributed by atoms with E-state index in [-0.39, 0.29) is 11.8 Å². The molecule has 104 valence electrons. The van der Waals surface area contributed by atoms with Crippen molar-refractivity contribution in [3.8, 4) is 0 Å². The lowest BCUT2D eigenvalue weighted by Gasteiger charge is -2.31. The highest BCUT2D eigenvalue weighted by Gasteiger charge is 2.30. The number of nitrogens with two attached hydrogens (primary N) is 1. The van der Waals surface area contributed by atoms with Crippen molar-refractivity contribution in [3.05, 3.63) is 0 Å². The van der Waals surface area contributed by atoms with Crippen molar-refractivity contribution in [1.82, 2.24) is 4.90 Å². The monoisotopic (exact) mass is 267 g/mol. The van der Waals surface area contributed by atoms with Gasteiger partial charge in [0.15, 0.2) is 0 Å². The quantitative estimate of drug-likeness (QED) is 0.350. The first-order valence-corrected chi connectivity index (χ1v) is 5.65. The fraction of sp³-hybridized carbons (Fsp3) is 0.800. The Morgan fingerprint density at radius 3 is 2.39 bits per heavy atom. The van der Waals surface area contributed by atoms with Crippen LogP contribution in [0.25, 0.3) is 0 Å². The van der Waals surface area contributed by atoms with Crippen LogP contribution in [0.1, 0.15) is 25.7 Å². The van der Waals surface area contributed by atoms with E-state index in [0.717, 1.165) is 0 Å². The number of carbonyl (C=O) groups excluding carboxylic acids is 1. The zero-order chi connectivity index (χ0) is 13.8. The Morgan fingerprint density at radius 1 is 1.39 bits per heavy atom. The van der Waals surface area contributed by atoms with E-state index in [4.69, 9.17) is 10.9 Å². The summed E-state index contributed by atoms with van der Waals surface area (Å²) in [6, 6.07) is 0. The largest absolute Gasteiger partial charge is 0.409 e. The molecule has 1 saturated heterocycles. The fourth-order valence-corrected chi connectivity index (χ4v) is 1.91. The van der Waals surface area contributed by atoms with Gasteiger partial charge in [-0.15, -0.1) is 0 Å². The number of likely N-dealkylation sites (tertiary alicyclic amines) is 1. The van der Waals surface area contributed by atoms with Crippen molar-refractivity contribution in [3.63, 3.8) is 0 Å². The molecule has 8 heteroatoms. The van der Waals surface area contributed by atoms with Crippen LogP contribution in [0.4, 0.5) is 13.2 Å². The number of halogens is 3. The van der Waals surface area contributed by atoms with Crippen LogP contribution >= 0.6 is 0 Å². The number of piperidine rings is 1. The Bertz CT molecular complexity index is 323. The molecular formula is C10H16F3N3O2. The summed E-state index contributed by atoms with van der Waals surface area (Å²) in [6.07, 6.45) is -4.90. The smallest absolute Gasteiger partial charge is 0.389 e. The third-order valence-electron chi connectivity index (χ3n) is 3.00. The van der Waals surface area contributed by atoms with E-state index in [0.29, 0.717) is 25.9 Å². The van der Waals surface area contributed by atoms with E-state index < -0.39 is 24.9 Å². The number of nitrogens with zero attached hydrogens (tertiary/aromatic N) is 2. The summed E-state index contributed by atoms with van der Waals surface area (Å²) in [4.78, 5) is 12.9. The van der Waals surface area contributed by atoms with Gasteiger partial charge < -0.3 is 15.8 Å². The third kappa shape index (κ3) is 4.42. The van der Waals surface area contributed by atoms with E-state index in [1.807, 2.05) is 0 Å². The molecule has 0 aromatic carbocycles. The molecule has 0 radical (unpaired) electrons. The van der Waals surface area contributed by atoms with Crippen LogP contribution in [-0.2, 0) is 4.79 Å². The third-order valence-corrected chi connectivity index (χ3v) is 3.00.